The lowest BCUT2D eigenvalue weighted by Crippen LogP contribution is -2.11. The van der Waals surface area contributed by atoms with E-state index in [9.17, 15) is 4.39 Å². The molecule has 0 heterocycles. The summed E-state index contributed by atoms with van der Waals surface area (Å²) >= 11 is 6.26. The van der Waals surface area contributed by atoms with Crippen molar-refractivity contribution in [2.24, 2.45) is 0 Å². The number of rotatable bonds is 4. The number of hydrogen-bond acceptors (Lipinski definition) is 2. The van der Waals surface area contributed by atoms with E-state index >= 15 is 0 Å². The predicted octanol–water partition coefficient (Wildman–Crippen LogP) is 4.13. The number of halogens is 2. The normalized spacial score (nSPS) is 10.3. The molecular formula is C16H14ClFN2. The molecule has 4 heteroatoms. The van der Waals surface area contributed by atoms with Crippen molar-refractivity contribution in [2.45, 2.75) is 13.5 Å². The van der Waals surface area contributed by atoms with Gasteiger partial charge >= 0.3 is 0 Å². The van der Waals surface area contributed by atoms with Crippen LogP contribution in [-0.2, 0) is 6.54 Å². The van der Waals surface area contributed by atoms with Gasteiger partial charge in [0.05, 0.1) is 11.6 Å². The zero-order chi connectivity index (χ0) is 14.5. The molecule has 2 aromatic carbocycles. The second-order valence-corrected chi connectivity index (χ2v) is 4.84. The first-order chi connectivity index (χ1) is 9.63. The van der Waals surface area contributed by atoms with E-state index in [1.54, 1.807) is 6.07 Å². The highest BCUT2D eigenvalue weighted by Crippen LogP contribution is 2.30. The molecule has 2 aromatic rings. The number of nitrogens with one attached hydrogen (secondary N) is 1. The largest absolute Gasteiger partial charge is 0.313 e. The third-order valence-corrected chi connectivity index (χ3v) is 3.26. The van der Waals surface area contributed by atoms with Crippen LogP contribution in [0, 0.1) is 17.1 Å². The monoisotopic (exact) mass is 288 g/mol. The molecule has 20 heavy (non-hydrogen) atoms. The number of nitriles is 1. The number of hydrogen-bond donors (Lipinski definition) is 1. The second-order valence-electron chi connectivity index (χ2n) is 4.43. The SMILES string of the molecule is CCNCc1ccc(-c2cc(F)cc(C#N)c2)c(Cl)c1. The topological polar surface area (TPSA) is 35.8 Å². The quantitative estimate of drug-likeness (QED) is 0.918. The zero-order valence-corrected chi connectivity index (χ0v) is 11.8. The van der Waals surface area contributed by atoms with Crippen molar-refractivity contribution in [3.63, 3.8) is 0 Å². The molecule has 0 unspecified atom stereocenters. The molecular weight excluding hydrogens is 275 g/mol. The lowest BCUT2D eigenvalue weighted by atomic mass is 10.0. The van der Waals surface area contributed by atoms with Gasteiger partial charge in [-0.05, 0) is 41.9 Å². The summed E-state index contributed by atoms with van der Waals surface area (Å²) in [7, 11) is 0. The minimum atomic E-state index is -0.438. The molecule has 0 aliphatic rings. The Balaban J connectivity index is 2.38. The molecule has 0 saturated heterocycles. The van der Waals surface area contributed by atoms with E-state index in [0.29, 0.717) is 10.6 Å². The van der Waals surface area contributed by atoms with Gasteiger partial charge in [0.1, 0.15) is 5.82 Å². The average Bonchev–Trinajstić information content (AvgIpc) is 2.44. The average molecular weight is 289 g/mol. The van der Waals surface area contributed by atoms with Gasteiger partial charge in [0, 0.05) is 17.1 Å². The third kappa shape index (κ3) is 3.36. The van der Waals surface area contributed by atoms with Gasteiger partial charge in [-0.15, -0.1) is 0 Å². The maximum absolute atomic E-state index is 13.5. The van der Waals surface area contributed by atoms with Crippen molar-refractivity contribution in [3.05, 3.63) is 58.4 Å². The highest BCUT2D eigenvalue weighted by molar-refractivity contribution is 6.33. The fourth-order valence-corrected chi connectivity index (χ4v) is 2.29. The van der Waals surface area contributed by atoms with Crippen LogP contribution in [0.4, 0.5) is 4.39 Å². The molecule has 2 rings (SSSR count). The summed E-state index contributed by atoms with van der Waals surface area (Å²) in [4.78, 5) is 0. The Morgan fingerprint density at radius 2 is 2.05 bits per heavy atom. The summed E-state index contributed by atoms with van der Waals surface area (Å²) in [5, 5.41) is 12.7. The van der Waals surface area contributed by atoms with Crippen molar-refractivity contribution in [3.8, 4) is 17.2 Å². The first-order valence-corrected chi connectivity index (χ1v) is 6.72. The van der Waals surface area contributed by atoms with Crippen molar-refractivity contribution in [2.75, 3.05) is 6.54 Å². The van der Waals surface area contributed by atoms with E-state index in [0.717, 1.165) is 24.2 Å². The second kappa shape index (κ2) is 6.51. The van der Waals surface area contributed by atoms with Crippen LogP contribution in [-0.4, -0.2) is 6.54 Å². The van der Waals surface area contributed by atoms with E-state index in [4.69, 9.17) is 16.9 Å². The zero-order valence-electron chi connectivity index (χ0n) is 11.1. The van der Waals surface area contributed by atoms with Gasteiger partial charge in [0.15, 0.2) is 0 Å². The van der Waals surface area contributed by atoms with E-state index in [1.807, 2.05) is 31.2 Å². The van der Waals surface area contributed by atoms with Crippen molar-refractivity contribution in [1.29, 1.82) is 5.26 Å². The van der Waals surface area contributed by atoms with Crippen molar-refractivity contribution < 1.29 is 4.39 Å². The Labute approximate surface area is 122 Å². The van der Waals surface area contributed by atoms with E-state index in [-0.39, 0.29) is 5.56 Å². The molecule has 0 saturated carbocycles. The molecule has 1 N–H and O–H groups in total. The van der Waals surface area contributed by atoms with Gasteiger partial charge in [0.2, 0.25) is 0 Å². The van der Waals surface area contributed by atoms with Crippen LogP contribution in [0.25, 0.3) is 11.1 Å². The van der Waals surface area contributed by atoms with Crippen LogP contribution in [0.1, 0.15) is 18.1 Å². The lowest BCUT2D eigenvalue weighted by molar-refractivity contribution is 0.628. The molecule has 0 bridgehead atoms. The van der Waals surface area contributed by atoms with Gasteiger partial charge in [0.25, 0.3) is 0 Å². The molecule has 0 aromatic heterocycles. The summed E-state index contributed by atoms with van der Waals surface area (Å²) in [6, 6.07) is 11.8. The van der Waals surface area contributed by atoms with E-state index in [1.165, 1.54) is 12.1 Å². The molecule has 0 radical (unpaired) electrons. The molecule has 0 amide bonds. The fourth-order valence-electron chi connectivity index (χ4n) is 1.98. The van der Waals surface area contributed by atoms with E-state index in [2.05, 4.69) is 5.32 Å². The highest BCUT2D eigenvalue weighted by Gasteiger charge is 2.08. The van der Waals surface area contributed by atoms with Crippen LogP contribution >= 0.6 is 11.6 Å². The summed E-state index contributed by atoms with van der Waals surface area (Å²) in [6.45, 7) is 3.66. The van der Waals surface area contributed by atoms with Crippen LogP contribution in [0.2, 0.25) is 5.02 Å². The van der Waals surface area contributed by atoms with Gasteiger partial charge in [-0.2, -0.15) is 5.26 Å². The Hall–Kier alpha value is -1.89. The highest BCUT2D eigenvalue weighted by atomic mass is 35.5. The molecule has 0 fully saturated rings. The third-order valence-electron chi connectivity index (χ3n) is 2.95. The Bertz CT molecular complexity index is 662. The number of benzene rings is 2. The maximum atomic E-state index is 13.5. The molecule has 0 atom stereocenters. The smallest absolute Gasteiger partial charge is 0.125 e. The Morgan fingerprint density at radius 1 is 1.25 bits per heavy atom. The summed E-state index contributed by atoms with van der Waals surface area (Å²) in [5.74, 6) is -0.438. The first kappa shape index (κ1) is 14.5. The lowest BCUT2D eigenvalue weighted by Gasteiger charge is -2.08. The van der Waals surface area contributed by atoms with Crippen LogP contribution < -0.4 is 5.32 Å². The minimum Gasteiger partial charge on any atom is -0.313 e. The van der Waals surface area contributed by atoms with Crippen LogP contribution in [0.15, 0.2) is 36.4 Å². The first-order valence-electron chi connectivity index (χ1n) is 6.34. The van der Waals surface area contributed by atoms with Gasteiger partial charge in [-0.1, -0.05) is 30.7 Å². The Kier molecular flexibility index (Phi) is 4.73. The maximum Gasteiger partial charge on any atom is 0.125 e. The van der Waals surface area contributed by atoms with Crippen LogP contribution in [0.5, 0.6) is 0 Å². The summed E-state index contributed by atoms with van der Waals surface area (Å²) < 4.78 is 13.5. The molecule has 0 aliphatic carbocycles. The number of nitrogens with zero attached hydrogens (tertiary/aromatic N) is 1. The summed E-state index contributed by atoms with van der Waals surface area (Å²) in [5.41, 5.74) is 2.69. The van der Waals surface area contributed by atoms with Gasteiger partial charge < -0.3 is 5.32 Å². The van der Waals surface area contributed by atoms with Crippen LogP contribution in [0.3, 0.4) is 0 Å². The molecule has 0 aliphatic heterocycles. The summed E-state index contributed by atoms with van der Waals surface area (Å²) in [6.07, 6.45) is 0. The molecule has 0 spiro atoms. The fraction of sp³-hybridized carbons (Fsp3) is 0.188. The Morgan fingerprint density at radius 3 is 2.70 bits per heavy atom. The molecule has 2 nitrogen and oxygen atoms in total. The predicted molar refractivity (Wildman–Crippen MR) is 78.9 cm³/mol. The van der Waals surface area contributed by atoms with E-state index < -0.39 is 5.82 Å². The molecule has 102 valence electrons. The minimum absolute atomic E-state index is 0.285. The van der Waals surface area contributed by atoms with Crippen molar-refractivity contribution >= 4 is 11.6 Å². The standard InChI is InChI=1S/C16H14ClFN2/c1-2-20-10-11-3-4-15(16(17)7-11)13-5-12(9-19)6-14(18)8-13/h3-8,20H,2,10H2,1H3. The van der Waals surface area contributed by atoms with Gasteiger partial charge in [-0.3, -0.25) is 0 Å². The van der Waals surface area contributed by atoms with Gasteiger partial charge in [-0.25, -0.2) is 4.39 Å². The van der Waals surface area contributed by atoms with Crippen molar-refractivity contribution in [1.82, 2.24) is 5.32 Å².